The van der Waals surface area contributed by atoms with Crippen molar-refractivity contribution in [2.45, 2.75) is 0 Å². The van der Waals surface area contributed by atoms with E-state index in [2.05, 4.69) is 15.3 Å². The van der Waals surface area contributed by atoms with Gasteiger partial charge in [-0.2, -0.15) is 4.99 Å². The van der Waals surface area contributed by atoms with Gasteiger partial charge in [0.25, 0.3) is 5.91 Å². The Morgan fingerprint density at radius 2 is 2.05 bits per heavy atom. The molecule has 0 fully saturated rings. The molecule has 22 heavy (non-hydrogen) atoms. The largest absolute Gasteiger partial charge is 0.369 e. The molecule has 0 spiro atoms. The van der Waals surface area contributed by atoms with E-state index in [4.69, 9.17) is 17.3 Å². The van der Waals surface area contributed by atoms with Crippen LogP contribution in [0.15, 0.2) is 53.5 Å². The molecular weight excluding hydrogens is 320 g/mol. The Labute approximate surface area is 135 Å². The van der Waals surface area contributed by atoms with Crippen molar-refractivity contribution in [3.8, 4) is 0 Å². The van der Waals surface area contributed by atoms with E-state index in [0.717, 1.165) is 10.2 Å². The third-order valence-corrected chi connectivity index (χ3v) is 3.99. The van der Waals surface area contributed by atoms with Gasteiger partial charge in [-0.25, -0.2) is 4.98 Å². The van der Waals surface area contributed by atoms with E-state index in [1.165, 1.54) is 11.3 Å². The zero-order valence-electron chi connectivity index (χ0n) is 11.3. The maximum Gasteiger partial charge on any atom is 0.258 e. The lowest BCUT2D eigenvalue weighted by molar-refractivity contribution is 0.0976. The maximum absolute atomic E-state index is 12.0. The summed E-state index contributed by atoms with van der Waals surface area (Å²) >= 11 is 7.25. The number of guanidine groups is 1. The number of aliphatic imine (C=N–C) groups is 1. The van der Waals surface area contributed by atoms with Crippen molar-refractivity contribution in [3.05, 3.63) is 59.1 Å². The molecule has 3 N–H and O–H groups in total. The van der Waals surface area contributed by atoms with E-state index in [1.54, 1.807) is 24.3 Å². The number of halogens is 1. The van der Waals surface area contributed by atoms with Crippen LogP contribution in [0.2, 0.25) is 5.02 Å². The first-order valence-electron chi connectivity index (χ1n) is 6.38. The number of para-hydroxylation sites is 1. The van der Waals surface area contributed by atoms with Crippen LogP contribution < -0.4 is 11.1 Å². The minimum atomic E-state index is -0.370. The van der Waals surface area contributed by atoms with Gasteiger partial charge in [0.05, 0.1) is 10.2 Å². The van der Waals surface area contributed by atoms with Crippen LogP contribution in [0.25, 0.3) is 10.2 Å². The summed E-state index contributed by atoms with van der Waals surface area (Å²) in [6.07, 6.45) is 0. The van der Waals surface area contributed by atoms with Gasteiger partial charge in [0.1, 0.15) is 0 Å². The first-order valence-corrected chi connectivity index (χ1v) is 7.58. The number of hydrogen-bond acceptors (Lipinski definition) is 4. The summed E-state index contributed by atoms with van der Waals surface area (Å²) in [4.78, 5) is 20.5. The summed E-state index contributed by atoms with van der Waals surface area (Å²) in [6.45, 7) is 0. The molecule has 0 unspecified atom stereocenters. The molecule has 1 aromatic heterocycles. The Kier molecular flexibility index (Phi) is 4.04. The molecule has 1 amide bonds. The lowest BCUT2D eigenvalue weighted by Gasteiger charge is -2.03. The lowest BCUT2D eigenvalue weighted by atomic mass is 10.2. The Hall–Kier alpha value is -2.44. The fraction of sp³-hybridized carbons (Fsp3) is 0. The van der Waals surface area contributed by atoms with Gasteiger partial charge in [0.2, 0.25) is 11.1 Å². The van der Waals surface area contributed by atoms with Gasteiger partial charge in [-0.3, -0.25) is 10.1 Å². The van der Waals surface area contributed by atoms with Crippen molar-refractivity contribution in [2.75, 3.05) is 0 Å². The second-order valence-electron chi connectivity index (χ2n) is 4.43. The Morgan fingerprint density at radius 1 is 1.23 bits per heavy atom. The first-order chi connectivity index (χ1) is 10.6. The van der Waals surface area contributed by atoms with Crippen LogP contribution in [0.5, 0.6) is 0 Å². The van der Waals surface area contributed by atoms with Crippen LogP contribution >= 0.6 is 22.9 Å². The van der Waals surface area contributed by atoms with Gasteiger partial charge in [-0.15, -0.1) is 0 Å². The van der Waals surface area contributed by atoms with E-state index in [-0.39, 0.29) is 11.9 Å². The molecule has 3 rings (SSSR count). The van der Waals surface area contributed by atoms with Crippen molar-refractivity contribution in [2.24, 2.45) is 10.7 Å². The predicted octanol–water partition coefficient (Wildman–Crippen LogP) is 3.33. The number of nitrogens with one attached hydrogen (secondary N) is 1. The highest BCUT2D eigenvalue weighted by atomic mass is 35.5. The standard InChI is InChI=1S/C15H11ClN4OS/c16-10-5-3-4-9(8-10)13(21)19-14(17)20-15-18-11-6-1-2-7-12(11)22-15/h1-8H,(H3,17,18,19,20,21). The summed E-state index contributed by atoms with van der Waals surface area (Å²) in [5.74, 6) is -0.381. The summed E-state index contributed by atoms with van der Waals surface area (Å²) < 4.78 is 1.01. The molecule has 0 bridgehead atoms. The number of carbonyl (C=O) groups excluding carboxylic acids is 1. The van der Waals surface area contributed by atoms with Crippen LogP contribution in [-0.2, 0) is 0 Å². The van der Waals surface area contributed by atoms with E-state index < -0.39 is 0 Å². The SMILES string of the molecule is N/C(=N\c1nc2ccccc2s1)NC(=O)c1cccc(Cl)c1. The highest BCUT2D eigenvalue weighted by molar-refractivity contribution is 7.22. The van der Waals surface area contributed by atoms with Crippen LogP contribution in [0.1, 0.15) is 10.4 Å². The highest BCUT2D eigenvalue weighted by Crippen LogP contribution is 2.27. The smallest absolute Gasteiger partial charge is 0.258 e. The number of carbonyl (C=O) groups is 1. The second-order valence-corrected chi connectivity index (χ2v) is 5.87. The minimum Gasteiger partial charge on any atom is -0.369 e. The molecule has 0 aliphatic heterocycles. The van der Waals surface area contributed by atoms with Crippen molar-refractivity contribution in [1.29, 1.82) is 0 Å². The number of fused-ring (bicyclic) bond motifs is 1. The average Bonchev–Trinajstić information content (AvgIpc) is 2.89. The number of hydrogen-bond donors (Lipinski definition) is 2. The molecule has 0 atom stereocenters. The average molecular weight is 331 g/mol. The van der Waals surface area contributed by atoms with Crippen LogP contribution in [0, 0.1) is 0 Å². The van der Waals surface area contributed by atoms with Crippen molar-refractivity contribution in [3.63, 3.8) is 0 Å². The van der Waals surface area contributed by atoms with Gasteiger partial charge < -0.3 is 5.73 Å². The third kappa shape index (κ3) is 3.24. The molecular formula is C15H11ClN4OS. The Balaban J connectivity index is 1.78. The summed E-state index contributed by atoms with van der Waals surface area (Å²) in [6, 6.07) is 14.3. The highest BCUT2D eigenvalue weighted by Gasteiger charge is 2.08. The third-order valence-electron chi connectivity index (χ3n) is 2.83. The molecule has 0 saturated heterocycles. The second kappa shape index (κ2) is 6.13. The summed E-state index contributed by atoms with van der Waals surface area (Å²) in [5.41, 5.74) is 7.02. The van der Waals surface area contributed by atoms with Gasteiger partial charge in [0, 0.05) is 10.6 Å². The number of amides is 1. The number of nitrogens with two attached hydrogens (primary N) is 1. The number of rotatable bonds is 2. The van der Waals surface area contributed by atoms with Crippen molar-refractivity contribution in [1.82, 2.24) is 10.3 Å². The zero-order valence-corrected chi connectivity index (χ0v) is 12.9. The van der Waals surface area contributed by atoms with E-state index in [1.807, 2.05) is 24.3 Å². The number of benzene rings is 2. The predicted molar refractivity (Wildman–Crippen MR) is 89.8 cm³/mol. The van der Waals surface area contributed by atoms with Crippen LogP contribution in [-0.4, -0.2) is 16.9 Å². The van der Waals surface area contributed by atoms with Gasteiger partial charge >= 0.3 is 0 Å². The molecule has 7 heteroatoms. The van der Waals surface area contributed by atoms with Crippen molar-refractivity contribution < 1.29 is 4.79 Å². The van der Waals surface area contributed by atoms with Crippen molar-refractivity contribution >= 4 is 50.2 Å². The Bertz CT molecular complexity index is 842. The summed E-state index contributed by atoms with van der Waals surface area (Å²) in [5, 5.41) is 3.48. The minimum absolute atomic E-state index is 0.0102. The fourth-order valence-electron chi connectivity index (χ4n) is 1.86. The van der Waals surface area contributed by atoms with Crippen LogP contribution in [0.3, 0.4) is 0 Å². The normalized spacial score (nSPS) is 11.6. The number of thiazole rings is 1. The molecule has 5 nitrogen and oxygen atoms in total. The van der Waals surface area contributed by atoms with Crippen LogP contribution in [0.4, 0.5) is 5.13 Å². The van der Waals surface area contributed by atoms with E-state index >= 15 is 0 Å². The van der Waals surface area contributed by atoms with E-state index in [9.17, 15) is 4.79 Å². The maximum atomic E-state index is 12.0. The molecule has 110 valence electrons. The molecule has 3 aromatic rings. The Morgan fingerprint density at radius 3 is 2.82 bits per heavy atom. The quantitative estimate of drug-likeness (QED) is 0.558. The van der Waals surface area contributed by atoms with E-state index in [0.29, 0.717) is 15.7 Å². The van der Waals surface area contributed by atoms with Gasteiger partial charge in [0.15, 0.2) is 0 Å². The monoisotopic (exact) mass is 330 g/mol. The molecule has 0 radical (unpaired) electrons. The number of aromatic nitrogens is 1. The van der Waals surface area contributed by atoms with Gasteiger partial charge in [-0.1, -0.05) is 41.1 Å². The first kappa shape index (κ1) is 14.5. The topological polar surface area (TPSA) is 80.4 Å². The molecule has 2 aromatic carbocycles. The fourth-order valence-corrected chi connectivity index (χ4v) is 2.90. The van der Waals surface area contributed by atoms with Gasteiger partial charge in [-0.05, 0) is 30.3 Å². The molecule has 0 saturated carbocycles. The molecule has 0 aliphatic carbocycles. The zero-order chi connectivity index (χ0) is 15.5. The molecule has 1 heterocycles. The number of nitrogens with zero attached hydrogens (tertiary/aromatic N) is 2. The lowest BCUT2D eigenvalue weighted by Crippen LogP contribution is -2.36. The summed E-state index contributed by atoms with van der Waals surface area (Å²) in [7, 11) is 0. The molecule has 0 aliphatic rings.